The number of hydrogen-bond acceptors (Lipinski definition) is 8. The minimum atomic E-state index is -2.05. The lowest BCUT2D eigenvalue weighted by Gasteiger charge is -2.26. The second kappa shape index (κ2) is 10.6. The van der Waals surface area contributed by atoms with Gasteiger partial charge in [0.2, 0.25) is 19.6 Å². The van der Waals surface area contributed by atoms with E-state index in [1.165, 1.54) is 32.0 Å². The molecule has 11 heteroatoms. The van der Waals surface area contributed by atoms with Crippen LogP contribution in [0.15, 0.2) is 18.2 Å². The molecule has 5 N–H and O–H groups in total. The lowest BCUT2D eigenvalue weighted by Crippen LogP contribution is -2.38. The molecule has 0 heterocycles. The Labute approximate surface area is 162 Å². The summed E-state index contributed by atoms with van der Waals surface area (Å²) in [5.74, 6) is -4.05. The fraction of sp³-hybridized carbons (Fsp3) is 0.471. The highest BCUT2D eigenvalue weighted by molar-refractivity contribution is 6.55. The van der Waals surface area contributed by atoms with E-state index in [1.807, 2.05) is 0 Å². The Bertz CT molecular complexity index is 708. The zero-order chi connectivity index (χ0) is 21.4. The quantitative estimate of drug-likeness (QED) is 0.271. The van der Waals surface area contributed by atoms with Gasteiger partial charge in [0, 0.05) is 13.3 Å². The van der Waals surface area contributed by atoms with Crippen molar-refractivity contribution in [2.75, 3.05) is 5.32 Å². The molecule has 0 saturated heterocycles. The van der Waals surface area contributed by atoms with Crippen molar-refractivity contribution in [1.29, 1.82) is 0 Å². The SMILES string of the molecule is [B]C(=O)OCc1ccc(OC(CC(C(=O)O)[C@H](C)O)C(O)O)c(NC(C)=O)c1. The Morgan fingerprint density at radius 2 is 1.86 bits per heavy atom. The summed E-state index contributed by atoms with van der Waals surface area (Å²) in [6.45, 7) is 2.33. The monoisotopic (exact) mass is 395 g/mol. The van der Waals surface area contributed by atoms with E-state index in [1.54, 1.807) is 0 Å². The zero-order valence-electron chi connectivity index (χ0n) is 15.4. The molecule has 0 aliphatic carbocycles. The molecule has 2 unspecified atom stereocenters. The van der Waals surface area contributed by atoms with Gasteiger partial charge in [0.1, 0.15) is 12.4 Å². The van der Waals surface area contributed by atoms with Crippen molar-refractivity contribution in [2.45, 2.75) is 45.4 Å². The van der Waals surface area contributed by atoms with Gasteiger partial charge in [0.15, 0.2) is 12.4 Å². The number of aliphatic hydroxyl groups excluding tert-OH is 2. The number of aliphatic carboxylic acids is 1. The van der Waals surface area contributed by atoms with Crippen LogP contribution in [-0.2, 0) is 20.9 Å². The highest BCUT2D eigenvalue weighted by Crippen LogP contribution is 2.29. The molecule has 1 rings (SSSR count). The average molecular weight is 395 g/mol. The Balaban J connectivity index is 3.11. The number of benzene rings is 1. The maximum atomic E-state index is 11.4. The van der Waals surface area contributed by atoms with Crippen LogP contribution < -0.4 is 10.1 Å². The highest BCUT2D eigenvalue weighted by atomic mass is 16.6. The molecule has 0 fully saturated rings. The van der Waals surface area contributed by atoms with Crippen LogP contribution in [0.3, 0.4) is 0 Å². The summed E-state index contributed by atoms with van der Waals surface area (Å²) in [5.41, 5.74) is 0.594. The van der Waals surface area contributed by atoms with Crippen molar-refractivity contribution < 1.29 is 44.3 Å². The summed E-state index contributed by atoms with van der Waals surface area (Å²) in [6.07, 6.45) is -5.12. The van der Waals surface area contributed by atoms with Crippen LogP contribution in [0.4, 0.5) is 10.5 Å². The highest BCUT2D eigenvalue weighted by Gasteiger charge is 2.31. The molecule has 1 amide bonds. The third-order valence-corrected chi connectivity index (χ3v) is 3.73. The second-order valence-corrected chi connectivity index (χ2v) is 6.11. The first-order chi connectivity index (χ1) is 13.0. The molecular weight excluding hydrogens is 373 g/mol. The van der Waals surface area contributed by atoms with Crippen molar-refractivity contribution in [2.24, 2.45) is 5.92 Å². The van der Waals surface area contributed by atoms with Gasteiger partial charge in [-0.3, -0.25) is 14.4 Å². The first kappa shape index (κ1) is 23.4. The molecule has 1 aromatic carbocycles. The third kappa shape index (κ3) is 7.55. The molecular formula is C17H22BNO9. The lowest BCUT2D eigenvalue weighted by atomic mass is 9.96. The molecule has 0 bridgehead atoms. The van der Waals surface area contributed by atoms with Crippen molar-refractivity contribution >= 4 is 31.3 Å². The molecule has 0 aromatic heterocycles. The van der Waals surface area contributed by atoms with E-state index in [2.05, 4.69) is 10.1 Å². The van der Waals surface area contributed by atoms with E-state index in [9.17, 15) is 29.7 Å². The van der Waals surface area contributed by atoms with Gasteiger partial charge in [0.05, 0.1) is 17.7 Å². The smallest absolute Gasteiger partial charge is 0.309 e. The fourth-order valence-electron chi connectivity index (χ4n) is 2.36. The summed E-state index contributed by atoms with van der Waals surface area (Å²) < 4.78 is 10.2. The van der Waals surface area contributed by atoms with Gasteiger partial charge in [-0.25, -0.2) is 0 Å². The van der Waals surface area contributed by atoms with Crippen LogP contribution in [0.25, 0.3) is 0 Å². The minimum absolute atomic E-state index is 0.0193. The number of nitrogens with one attached hydrogen (secondary N) is 1. The summed E-state index contributed by atoms with van der Waals surface area (Å²) >= 11 is 0. The van der Waals surface area contributed by atoms with Crippen molar-refractivity contribution in [3.8, 4) is 5.75 Å². The lowest BCUT2D eigenvalue weighted by molar-refractivity contribution is -0.152. The van der Waals surface area contributed by atoms with E-state index in [4.69, 9.17) is 17.7 Å². The number of rotatable bonds is 10. The summed E-state index contributed by atoms with van der Waals surface area (Å²) in [4.78, 5) is 33.4. The summed E-state index contributed by atoms with van der Waals surface area (Å²) in [7, 11) is 4.90. The van der Waals surface area contributed by atoms with Gasteiger partial charge in [0.25, 0.3) is 0 Å². The largest absolute Gasteiger partial charge is 0.483 e. The van der Waals surface area contributed by atoms with Crippen LogP contribution in [0.5, 0.6) is 5.75 Å². The van der Waals surface area contributed by atoms with Crippen molar-refractivity contribution in [3.05, 3.63) is 23.8 Å². The minimum Gasteiger partial charge on any atom is -0.483 e. The van der Waals surface area contributed by atoms with Crippen LogP contribution in [0, 0.1) is 5.92 Å². The molecule has 2 radical (unpaired) electrons. The van der Waals surface area contributed by atoms with Gasteiger partial charge in [-0.1, -0.05) is 6.07 Å². The third-order valence-electron chi connectivity index (χ3n) is 3.73. The van der Waals surface area contributed by atoms with E-state index in [-0.39, 0.29) is 18.0 Å². The molecule has 1 aromatic rings. The van der Waals surface area contributed by atoms with Crippen LogP contribution in [-0.4, -0.2) is 64.5 Å². The number of anilines is 1. The maximum Gasteiger partial charge on any atom is 0.309 e. The number of carboxylic acid groups (broad SMARTS) is 1. The van der Waals surface area contributed by atoms with E-state index in [0.29, 0.717) is 5.56 Å². The second-order valence-electron chi connectivity index (χ2n) is 6.11. The Kier molecular flexibility index (Phi) is 8.90. The predicted octanol–water partition coefficient (Wildman–Crippen LogP) is -0.0201. The molecule has 0 spiro atoms. The number of ether oxygens (including phenoxy) is 2. The van der Waals surface area contributed by atoms with Gasteiger partial charge < -0.3 is 35.2 Å². The van der Waals surface area contributed by atoms with E-state index >= 15 is 0 Å². The molecule has 0 aliphatic rings. The number of carbonyl (C=O) groups excluding carboxylic acids is 2. The van der Waals surface area contributed by atoms with Crippen LogP contribution >= 0.6 is 0 Å². The van der Waals surface area contributed by atoms with Crippen molar-refractivity contribution in [3.63, 3.8) is 0 Å². The zero-order valence-corrected chi connectivity index (χ0v) is 15.4. The number of carboxylic acids is 1. The Hall–Kier alpha value is -2.63. The molecule has 0 saturated carbocycles. The van der Waals surface area contributed by atoms with E-state index < -0.39 is 48.6 Å². The number of amides is 1. The van der Waals surface area contributed by atoms with Crippen molar-refractivity contribution in [1.82, 2.24) is 0 Å². The topological polar surface area (TPSA) is 163 Å². The molecule has 152 valence electrons. The van der Waals surface area contributed by atoms with Gasteiger partial charge in [-0.2, -0.15) is 0 Å². The summed E-state index contributed by atoms with van der Waals surface area (Å²) in [5, 5.41) is 40.3. The Morgan fingerprint density at radius 3 is 2.32 bits per heavy atom. The van der Waals surface area contributed by atoms with Crippen LogP contribution in [0.2, 0.25) is 0 Å². The normalized spacial score (nSPS) is 14.1. The van der Waals surface area contributed by atoms with Crippen LogP contribution in [0.1, 0.15) is 25.8 Å². The average Bonchev–Trinajstić information content (AvgIpc) is 2.56. The standard InChI is InChI=1S/C17H22BNO9/c1-8(20)11(15(22)23)6-14(16(24)25)28-13-4-3-10(7-27-17(18)26)5-12(13)19-9(2)21/h3-5,8,11,14,16,20,24-25H,6-7H2,1-2H3,(H,19,21)(H,22,23)/t8-,11?,14?/m0/s1. The molecule has 10 nitrogen and oxygen atoms in total. The number of aliphatic hydroxyl groups is 3. The maximum absolute atomic E-state index is 11.4. The van der Waals surface area contributed by atoms with Gasteiger partial charge >= 0.3 is 5.97 Å². The first-order valence-corrected chi connectivity index (χ1v) is 8.27. The van der Waals surface area contributed by atoms with E-state index in [0.717, 1.165) is 0 Å². The molecule has 28 heavy (non-hydrogen) atoms. The van der Waals surface area contributed by atoms with Gasteiger partial charge in [-0.05, 0) is 24.6 Å². The number of hydrogen-bond donors (Lipinski definition) is 5. The van der Waals surface area contributed by atoms with Gasteiger partial charge in [-0.15, -0.1) is 0 Å². The number of carbonyl (C=O) groups is 3. The molecule has 3 atom stereocenters. The summed E-state index contributed by atoms with van der Waals surface area (Å²) in [6, 6.07) is 4.27. The predicted molar refractivity (Wildman–Crippen MR) is 96.7 cm³/mol. The Morgan fingerprint density at radius 1 is 1.21 bits per heavy atom. The fourth-order valence-corrected chi connectivity index (χ4v) is 2.36. The molecule has 0 aliphatic heterocycles. The first-order valence-electron chi connectivity index (χ1n) is 8.27.